The summed E-state index contributed by atoms with van der Waals surface area (Å²) < 4.78 is 22.3. The van der Waals surface area contributed by atoms with Crippen LogP contribution in [0.25, 0.3) is 0 Å². The highest BCUT2D eigenvalue weighted by molar-refractivity contribution is 8.14. The third-order valence-electron chi connectivity index (χ3n) is 2.58. The van der Waals surface area contributed by atoms with Crippen molar-refractivity contribution in [2.24, 2.45) is 5.14 Å². The fourth-order valence-electron chi connectivity index (χ4n) is 1.60. The Labute approximate surface area is 124 Å². The summed E-state index contributed by atoms with van der Waals surface area (Å²) in [6, 6.07) is 2.63. The Morgan fingerprint density at radius 1 is 1.50 bits per heavy atom. The van der Waals surface area contributed by atoms with E-state index in [0.29, 0.717) is 18.7 Å². The molecule has 0 spiro atoms. The predicted molar refractivity (Wildman–Crippen MR) is 77.2 cm³/mol. The van der Waals surface area contributed by atoms with Crippen LogP contribution in [0.2, 0.25) is 0 Å². The molecule has 1 aromatic rings. The lowest BCUT2D eigenvalue weighted by atomic mass is 10.3. The molecule has 1 aromatic heterocycles. The van der Waals surface area contributed by atoms with Crippen LogP contribution in [0.1, 0.15) is 4.88 Å². The van der Waals surface area contributed by atoms with Crippen molar-refractivity contribution in [1.82, 2.24) is 10.6 Å². The lowest BCUT2D eigenvalue weighted by Gasteiger charge is -2.09. The molecular formula is C10H13N3O4S3. The second-order valence-corrected chi connectivity index (χ2v) is 8.05. The van der Waals surface area contributed by atoms with E-state index in [2.05, 4.69) is 10.6 Å². The van der Waals surface area contributed by atoms with E-state index < -0.39 is 16.1 Å². The van der Waals surface area contributed by atoms with Gasteiger partial charge in [-0.05, 0) is 18.6 Å². The zero-order valence-electron chi connectivity index (χ0n) is 10.3. The van der Waals surface area contributed by atoms with E-state index >= 15 is 0 Å². The summed E-state index contributed by atoms with van der Waals surface area (Å²) in [5.74, 6) is 0.200. The van der Waals surface area contributed by atoms with Crippen molar-refractivity contribution >= 4 is 44.3 Å². The monoisotopic (exact) mass is 335 g/mol. The van der Waals surface area contributed by atoms with E-state index in [1.165, 1.54) is 6.07 Å². The quantitative estimate of drug-likeness (QED) is 0.693. The molecule has 1 atom stereocenters. The molecule has 2 heterocycles. The van der Waals surface area contributed by atoms with Gasteiger partial charge in [-0.3, -0.25) is 9.59 Å². The van der Waals surface area contributed by atoms with Gasteiger partial charge >= 0.3 is 0 Å². The molecule has 10 heteroatoms. The summed E-state index contributed by atoms with van der Waals surface area (Å²) in [5.41, 5.74) is 0. The van der Waals surface area contributed by atoms with E-state index in [1.54, 1.807) is 6.07 Å². The largest absolute Gasteiger partial charge is 0.354 e. The Kier molecular flexibility index (Phi) is 4.68. The molecule has 1 unspecified atom stereocenters. The molecule has 7 nitrogen and oxygen atoms in total. The molecule has 2 amide bonds. The van der Waals surface area contributed by atoms with Crippen LogP contribution in [-0.4, -0.2) is 37.9 Å². The predicted octanol–water partition coefficient (Wildman–Crippen LogP) is -0.121. The van der Waals surface area contributed by atoms with Crippen LogP contribution in [0.15, 0.2) is 16.3 Å². The molecule has 20 heavy (non-hydrogen) atoms. The molecule has 110 valence electrons. The Morgan fingerprint density at radius 2 is 2.25 bits per heavy atom. The van der Waals surface area contributed by atoms with E-state index in [1.807, 2.05) is 0 Å². The minimum Gasteiger partial charge on any atom is -0.354 e. The summed E-state index contributed by atoms with van der Waals surface area (Å²) >= 11 is 2.17. The molecule has 1 aliphatic heterocycles. The van der Waals surface area contributed by atoms with Crippen molar-refractivity contribution in [3.8, 4) is 0 Å². The Morgan fingerprint density at radius 3 is 2.80 bits per heavy atom. The lowest BCUT2D eigenvalue weighted by Crippen LogP contribution is -2.43. The highest BCUT2D eigenvalue weighted by atomic mass is 32.2. The van der Waals surface area contributed by atoms with E-state index in [0.717, 1.165) is 28.0 Å². The van der Waals surface area contributed by atoms with Gasteiger partial charge in [-0.1, -0.05) is 11.8 Å². The third-order valence-corrected chi connectivity index (χ3v) is 6.04. The van der Waals surface area contributed by atoms with E-state index in [-0.39, 0.29) is 15.4 Å². The summed E-state index contributed by atoms with van der Waals surface area (Å²) in [7, 11) is -3.66. The number of primary sulfonamides is 1. The van der Waals surface area contributed by atoms with Crippen molar-refractivity contribution in [3.63, 3.8) is 0 Å². The zero-order valence-corrected chi connectivity index (χ0v) is 12.7. The smallest absolute Gasteiger partial charge is 0.279 e. The molecule has 4 N–H and O–H groups in total. The summed E-state index contributed by atoms with van der Waals surface area (Å²) in [5, 5.41) is 10.1. The highest BCUT2D eigenvalue weighted by Crippen LogP contribution is 2.20. The van der Waals surface area contributed by atoms with Gasteiger partial charge in [0.1, 0.15) is 10.3 Å². The van der Waals surface area contributed by atoms with Crippen molar-refractivity contribution in [2.45, 2.75) is 16.7 Å². The number of hydrogen-bond acceptors (Lipinski definition) is 6. The average molecular weight is 335 g/mol. The number of sulfonamides is 1. The first-order chi connectivity index (χ1) is 9.36. The van der Waals surface area contributed by atoms with Gasteiger partial charge in [0.2, 0.25) is 15.9 Å². The van der Waals surface area contributed by atoms with Crippen LogP contribution in [0.5, 0.6) is 0 Å². The van der Waals surface area contributed by atoms with Gasteiger partial charge in [-0.25, -0.2) is 13.6 Å². The van der Waals surface area contributed by atoms with Crippen LogP contribution < -0.4 is 15.8 Å². The van der Waals surface area contributed by atoms with Crippen LogP contribution in [0.4, 0.5) is 4.79 Å². The Hall–Kier alpha value is -1.10. The number of hydrogen-bond donors (Lipinski definition) is 3. The maximum absolute atomic E-state index is 11.7. The minimum absolute atomic E-state index is 0.110. The normalized spacial score (nSPS) is 18.9. The Balaban J connectivity index is 1.80. The molecule has 1 saturated heterocycles. The molecule has 1 aliphatic rings. The van der Waals surface area contributed by atoms with Gasteiger partial charge in [0.25, 0.3) is 5.24 Å². The SMILES string of the molecule is NS(=O)(=O)c1ccc(CCNC(=O)C2CSC(=O)N2)s1. The van der Waals surface area contributed by atoms with Crippen LogP contribution >= 0.6 is 23.1 Å². The van der Waals surface area contributed by atoms with Crippen LogP contribution in [0, 0.1) is 0 Å². The molecule has 0 saturated carbocycles. The van der Waals surface area contributed by atoms with Gasteiger partial charge in [-0.15, -0.1) is 11.3 Å². The number of nitrogens with two attached hydrogens (primary N) is 1. The molecule has 0 aliphatic carbocycles. The Bertz CT molecular complexity index is 625. The number of thioether (sulfide) groups is 1. The second-order valence-electron chi connectivity index (χ2n) is 4.10. The number of rotatable bonds is 5. The maximum atomic E-state index is 11.7. The first kappa shape index (κ1) is 15.3. The van der Waals surface area contributed by atoms with Gasteiger partial charge < -0.3 is 10.6 Å². The fraction of sp³-hybridized carbons (Fsp3) is 0.400. The van der Waals surface area contributed by atoms with Gasteiger partial charge in [0.15, 0.2) is 0 Å². The van der Waals surface area contributed by atoms with Crippen LogP contribution in [-0.2, 0) is 21.2 Å². The number of carbonyl (C=O) groups excluding carboxylic acids is 2. The van der Waals surface area contributed by atoms with Gasteiger partial charge in [0.05, 0.1) is 0 Å². The van der Waals surface area contributed by atoms with E-state index in [4.69, 9.17) is 5.14 Å². The molecule has 1 fully saturated rings. The summed E-state index contributed by atoms with van der Waals surface area (Å²) in [6.07, 6.45) is 0.514. The molecule has 2 rings (SSSR count). The first-order valence-electron chi connectivity index (χ1n) is 5.69. The standard InChI is InChI=1S/C10H13N3O4S3/c11-20(16,17)8-2-1-6(19-8)3-4-12-9(14)7-5-18-10(15)13-7/h1-2,7H,3-5H2,(H,12,14)(H,13,15)(H2,11,16,17). The maximum Gasteiger partial charge on any atom is 0.279 e. The third kappa shape index (κ3) is 3.95. The van der Waals surface area contributed by atoms with Crippen LogP contribution in [0.3, 0.4) is 0 Å². The number of amides is 2. The van der Waals surface area contributed by atoms with E-state index in [9.17, 15) is 18.0 Å². The van der Waals surface area contributed by atoms with Crippen molar-refractivity contribution < 1.29 is 18.0 Å². The number of thiophene rings is 1. The highest BCUT2D eigenvalue weighted by Gasteiger charge is 2.27. The fourth-order valence-corrected chi connectivity index (χ4v) is 4.16. The molecular weight excluding hydrogens is 322 g/mol. The first-order valence-corrected chi connectivity index (χ1v) is 9.03. The van der Waals surface area contributed by atoms with Crippen molar-refractivity contribution in [3.05, 3.63) is 17.0 Å². The molecule has 0 aromatic carbocycles. The second kappa shape index (κ2) is 6.12. The van der Waals surface area contributed by atoms with Gasteiger partial charge in [-0.2, -0.15) is 0 Å². The van der Waals surface area contributed by atoms with Crippen molar-refractivity contribution in [1.29, 1.82) is 0 Å². The minimum atomic E-state index is -3.66. The summed E-state index contributed by atoms with van der Waals surface area (Å²) in [6.45, 7) is 0.375. The van der Waals surface area contributed by atoms with Gasteiger partial charge in [0, 0.05) is 17.2 Å². The molecule has 0 bridgehead atoms. The zero-order chi connectivity index (χ0) is 14.8. The lowest BCUT2D eigenvalue weighted by molar-refractivity contribution is -0.122. The average Bonchev–Trinajstić information content (AvgIpc) is 2.97. The van der Waals surface area contributed by atoms with Crippen molar-refractivity contribution in [2.75, 3.05) is 12.3 Å². The summed E-state index contributed by atoms with van der Waals surface area (Å²) in [4.78, 5) is 23.5. The molecule has 0 radical (unpaired) electrons. The number of nitrogens with one attached hydrogen (secondary N) is 2. The number of carbonyl (C=O) groups is 2. The topological polar surface area (TPSA) is 118 Å².